The Balaban J connectivity index is 2.55. The van der Waals surface area contributed by atoms with Gasteiger partial charge in [-0.25, -0.2) is 0 Å². The lowest BCUT2D eigenvalue weighted by molar-refractivity contribution is -0.143. The van der Waals surface area contributed by atoms with Crippen LogP contribution < -0.4 is 9.47 Å². The molecule has 33 heavy (non-hydrogen) atoms. The molecule has 2 aromatic rings. The molecule has 5 nitrogen and oxygen atoms in total. The first-order valence-corrected chi connectivity index (χ1v) is 11.8. The van der Waals surface area contributed by atoms with Crippen LogP contribution >= 0.6 is 0 Å². The van der Waals surface area contributed by atoms with E-state index in [1.54, 1.807) is 12.1 Å². The minimum Gasteiger partial charge on any atom is -0.427 e. The lowest BCUT2D eigenvalue weighted by Gasteiger charge is -2.32. The molecule has 0 bridgehead atoms. The van der Waals surface area contributed by atoms with Crippen LogP contribution in [0.15, 0.2) is 48.5 Å². The van der Waals surface area contributed by atoms with Crippen molar-refractivity contribution in [1.82, 2.24) is 4.90 Å². The predicted octanol–water partition coefficient (Wildman–Crippen LogP) is 6.20. The van der Waals surface area contributed by atoms with Crippen LogP contribution in [-0.4, -0.2) is 35.5 Å². The fraction of sp³-hybridized carbons (Fsp3) is 0.500. The molecular formula is C28H39NO4. The molecule has 0 fully saturated rings. The van der Waals surface area contributed by atoms with Crippen LogP contribution in [0.3, 0.4) is 0 Å². The van der Waals surface area contributed by atoms with Gasteiger partial charge in [0.25, 0.3) is 0 Å². The smallest absolute Gasteiger partial charge is 0.316 e. The number of carbonyl (C=O) groups is 2. The van der Waals surface area contributed by atoms with E-state index >= 15 is 0 Å². The van der Waals surface area contributed by atoms with Gasteiger partial charge in [0, 0.05) is 30.5 Å². The van der Waals surface area contributed by atoms with Crippen LogP contribution in [0.25, 0.3) is 0 Å². The maximum atomic E-state index is 12.7. The number of esters is 2. The fourth-order valence-corrected chi connectivity index (χ4v) is 3.95. The normalized spacial score (nSPS) is 12.8. The Kier molecular flexibility index (Phi) is 9.24. The standard InChI is InChI=1S/C28H39NO4/c1-19(2)29(20(3)4)17-16-24(22-12-10-9-11-13-22)25-18-23(32-21(5)30)14-15-26(25)33-27(31)28(6,7)8/h9-15,18-20,24H,16-17H2,1-8H3. The Hall–Kier alpha value is -2.66. The molecule has 0 amide bonds. The average molecular weight is 454 g/mol. The zero-order valence-corrected chi connectivity index (χ0v) is 21.3. The second kappa shape index (κ2) is 11.5. The molecule has 0 aliphatic rings. The third-order valence-electron chi connectivity index (χ3n) is 5.64. The van der Waals surface area contributed by atoms with E-state index in [1.165, 1.54) is 6.92 Å². The largest absolute Gasteiger partial charge is 0.427 e. The van der Waals surface area contributed by atoms with E-state index in [1.807, 2.05) is 45.0 Å². The molecule has 0 aliphatic carbocycles. The van der Waals surface area contributed by atoms with Gasteiger partial charge >= 0.3 is 11.9 Å². The van der Waals surface area contributed by atoms with Gasteiger partial charge in [-0.15, -0.1) is 0 Å². The van der Waals surface area contributed by atoms with Gasteiger partial charge in [0.1, 0.15) is 11.5 Å². The topological polar surface area (TPSA) is 55.8 Å². The molecule has 0 saturated carbocycles. The maximum Gasteiger partial charge on any atom is 0.316 e. The SMILES string of the molecule is CC(=O)Oc1ccc(OC(=O)C(C)(C)C)c(C(CCN(C(C)C)C(C)C)c2ccccc2)c1. The summed E-state index contributed by atoms with van der Waals surface area (Å²) in [5.41, 5.74) is 1.32. The van der Waals surface area contributed by atoms with Crippen molar-refractivity contribution in [3.8, 4) is 11.5 Å². The maximum absolute atomic E-state index is 12.7. The van der Waals surface area contributed by atoms with Crippen molar-refractivity contribution in [2.24, 2.45) is 5.41 Å². The Morgan fingerprint density at radius 2 is 1.52 bits per heavy atom. The number of hydrogen-bond donors (Lipinski definition) is 0. The molecule has 0 radical (unpaired) electrons. The highest BCUT2D eigenvalue weighted by Crippen LogP contribution is 2.38. The first kappa shape index (κ1) is 26.6. The van der Waals surface area contributed by atoms with Crippen molar-refractivity contribution in [1.29, 1.82) is 0 Å². The predicted molar refractivity (Wildman–Crippen MR) is 133 cm³/mol. The number of nitrogens with zero attached hydrogens (tertiary/aromatic N) is 1. The van der Waals surface area contributed by atoms with E-state index in [4.69, 9.17) is 9.47 Å². The molecule has 180 valence electrons. The van der Waals surface area contributed by atoms with Crippen LogP contribution in [0.2, 0.25) is 0 Å². The van der Waals surface area contributed by atoms with Gasteiger partial charge in [-0.2, -0.15) is 0 Å². The molecule has 0 aromatic heterocycles. The molecule has 0 N–H and O–H groups in total. The lowest BCUT2D eigenvalue weighted by Crippen LogP contribution is -2.38. The van der Waals surface area contributed by atoms with Gasteiger partial charge in [0.05, 0.1) is 5.41 Å². The summed E-state index contributed by atoms with van der Waals surface area (Å²) >= 11 is 0. The second-order valence-electron chi connectivity index (χ2n) is 10.1. The highest BCUT2D eigenvalue weighted by atomic mass is 16.5. The van der Waals surface area contributed by atoms with E-state index in [9.17, 15) is 9.59 Å². The molecule has 1 atom stereocenters. The van der Waals surface area contributed by atoms with Crippen molar-refractivity contribution in [3.05, 3.63) is 59.7 Å². The zero-order chi connectivity index (χ0) is 24.8. The summed E-state index contributed by atoms with van der Waals surface area (Å²) in [7, 11) is 0. The average Bonchev–Trinajstić information content (AvgIpc) is 2.71. The van der Waals surface area contributed by atoms with Gasteiger partial charge in [0.2, 0.25) is 0 Å². The van der Waals surface area contributed by atoms with Crippen LogP contribution in [0.5, 0.6) is 11.5 Å². The van der Waals surface area contributed by atoms with E-state index in [0.29, 0.717) is 23.6 Å². The van der Waals surface area contributed by atoms with Crippen molar-refractivity contribution in [3.63, 3.8) is 0 Å². The van der Waals surface area contributed by atoms with Crippen LogP contribution in [-0.2, 0) is 9.59 Å². The van der Waals surface area contributed by atoms with Crippen LogP contribution in [0.1, 0.15) is 78.9 Å². The monoisotopic (exact) mass is 453 g/mol. The zero-order valence-electron chi connectivity index (χ0n) is 21.3. The van der Waals surface area contributed by atoms with Crippen molar-refractivity contribution in [2.75, 3.05) is 6.54 Å². The first-order chi connectivity index (χ1) is 15.4. The number of ether oxygens (including phenoxy) is 2. The Morgan fingerprint density at radius 1 is 0.909 bits per heavy atom. The van der Waals surface area contributed by atoms with Crippen molar-refractivity contribution < 1.29 is 19.1 Å². The fourth-order valence-electron chi connectivity index (χ4n) is 3.95. The Labute approximate surface area is 199 Å². The van der Waals surface area contributed by atoms with Gasteiger partial charge in [0.15, 0.2) is 0 Å². The van der Waals surface area contributed by atoms with Crippen molar-refractivity contribution in [2.45, 2.75) is 79.8 Å². The van der Waals surface area contributed by atoms with Crippen LogP contribution in [0, 0.1) is 5.41 Å². The first-order valence-electron chi connectivity index (χ1n) is 11.8. The minimum atomic E-state index is -0.639. The second-order valence-corrected chi connectivity index (χ2v) is 10.1. The molecule has 0 aliphatic heterocycles. The summed E-state index contributed by atoms with van der Waals surface area (Å²) in [6.45, 7) is 16.6. The summed E-state index contributed by atoms with van der Waals surface area (Å²) < 4.78 is 11.3. The number of hydrogen-bond acceptors (Lipinski definition) is 5. The quantitative estimate of drug-likeness (QED) is 0.334. The molecule has 2 rings (SSSR count). The minimum absolute atomic E-state index is 0.0375. The summed E-state index contributed by atoms with van der Waals surface area (Å²) in [6.07, 6.45) is 0.823. The summed E-state index contributed by atoms with van der Waals surface area (Å²) in [5.74, 6) is 0.215. The molecule has 5 heteroatoms. The van der Waals surface area contributed by atoms with Gasteiger partial charge in [-0.3, -0.25) is 14.5 Å². The number of benzene rings is 2. The highest BCUT2D eigenvalue weighted by molar-refractivity contribution is 5.78. The molecule has 0 heterocycles. The van der Waals surface area contributed by atoms with Gasteiger partial charge in [-0.05, 0) is 85.2 Å². The van der Waals surface area contributed by atoms with Gasteiger partial charge in [-0.1, -0.05) is 30.3 Å². The third kappa shape index (κ3) is 7.71. The van der Waals surface area contributed by atoms with E-state index in [0.717, 1.165) is 24.1 Å². The third-order valence-corrected chi connectivity index (χ3v) is 5.64. The lowest BCUT2D eigenvalue weighted by atomic mass is 9.87. The van der Waals surface area contributed by atoms with E-state index < -0.39 is 5.41 Å². The summed E-state index contributed by atoms with van der Waals surface area (Å²) in [6, 6.07) is 16.3. The van der Waals surface area contributed by atoms with Crippen molar-refractivity contribution >= 4 is 11.9 Å². The van der Waals surface area contributed by atoms with E-state index in [2.05, 4.69) is 44.7 Å². The highest BCUT2D eigenvalue weighted by Gasteiger charge is 2.28. The van der Waals surface area contributed by atoms with E-state index in [-0.39, 0.29) is 17.9 Å². The molecular weight excluding hydrogens is 414 g/mol. The van der Waals surface area contributed by atoms with Gasteiger partial charge < -0.3 is 9.47 Å². The Bertz CT molecular complexity index is 921. The number of rotatable bonds is 9. The number of carbonyl (C=O) groups excluding carboxylic acids is 2. The molecule has 1 unspecified atom stereocenters. The van der Waals surface area contributed by atoms with Crippen LogP contribution in [0.4, 0.5) is 0 Å². The Morgan fingerprint density at radius 3 is 2.03 bits per heavy atom. The summed E-state index contributed by atoms with van der Waals surface area (Å²) in [4.78, 5) is 26.8. The summed E-state index contributed by atoms with van der Waals surface area (Å²) in [5, 5.41) is 0. The molecule has 0 saturated heterocycles. The molecule has 0 spiro atoms. The molecule has 2 aromatic carbocycles.